The molecule has 2 saturated heterocycles. The van der Waals surface area contributed by atoms with E-state index in [1.54, 1.807) is 6.92 Å². The van der Waals surface area contributed by atoms with E-state index >= 15 is 0 Å². The average Bonchev–Trinajstić information content (AvgIpc) is 1.57. The smallest absolute Gasteiger partial charge is 0.870 e. The number of fused-ring (bicyclic) bond motifs is 7. The van der Waals surface area contributed by atoms with E-state index in [9.17, 15) is 48.9 Å². The zero-order valence-electron chi connectivity index (χ0n) is 50.7. The predicted octanol–water partition coefficient (Wildman–Crippen LogP) is 1.20. The van der Waals surface area contributed by atoms with Gasteiger partial charge in [0.1, 0.15) is 17.9 Å². The minimum atomic E-state index is -1.40. The van der Waals surface area contributed by atoms with E-state index in [-0.39, 0.29) is 105 Å². The minimum absolute atomic E-state index is 0. The summed E-state index contributed by atoms with van der Waals surface area (Å²) < 4.78 is 6.90. The van der Waals surface area contributed by atoms with Crippen LogP contribution in [0.2, 0.25) is 0 Å². The summed E-state index contributed by atoms with van der Waals surface area (Å²) in [4.78, 5) is 119. The van der Waals surface area contributed by atoms with E-state index in [0.29, 0.717) is 63.0 Å². The quantitative estimate of drug-likeness (QED) is 0.0783. The van der Waals surface area contributed by atoms with Crippen molar-refractivity contribution < 1.29 is 75.9 Å². The summed E-state index contributed by atoms with van der Waals surface area (Å²) in [6.07, 6.45) is 0.116. The fraction of sp³-hybridized carbons (Fsp3) is 0.621. The minimum Gasteiger partial charge on any atom is -0.870 e. The maximum absolute atomic E-state index is 13.5. The number of nitrogens with zero attached hydrogens (tertiary/aromatic N) is 8. The van der Waals surface area contributed by atoms with E-state index in [4.69, 9.17) is 65.2 Å². The molecule has 2 aromatic heterocycles. The van der Waals surface area contributed by atoms with E-state index in [0.717, 1.165) is 0 Å². The molecule has 2 aromatic rings. The summed E-state index contributed by atoms with van der Waals surface area (Å²) in [7, 11) is 0. The van der Waals surface area contributed by atoms with Gasteiger partial charge in [-0.25, -0.2) is 15.0 Å². The summed E-state index contributed by atoms with van der Waals surface area (Å²) in [6, 6.07) is -0.923. The summed E-state index contributed by atoms with van der Waals surface area (Å²) in [5, 5.41) is 37.9. The molecule has 28 nitrogen and oxygen atoms in total. The van der Waals surface area contributed by atoms with E-state index in [1.807, 2.05) is 61.5 Å². The molecule has 479 valence electrons. The third kappa shape index (κ3) is 13.5. The van der Waals surface area contributed by atoms with Crippen molar-refractivity contribution in [3.8, 4) is 0 Å². The van der Waals surface area contributed by atoms with Crippen LogP contribution in [0, 0.1) is 52.3 Å². The van der Waals surface area contributed by atoms with Gasteiger partial charge in [-0.3, -0.25) is 53.1 Å². The van der Waals surface area contributed by atoms with Crippen molar-refractivity contribution in [2.75, 3.05) is 12.3 Å². The molecule has 6 aliphatic heterocycles. The Kier molecular flexibility index (Phi) is 21.8. The number of aliphatic imine (C=N–C) groups is 3. The Bertz CT molecular complexity index is 3250. The van der Waals surface area contributed by atoms with Crippen LogP contribution in [0.5, 0.6) is 0 Å². The molecule has 19 N–H and O–H groups in total. The maximum Gasteiger partial charge on any atom is 2.00 e. The SMILES string of the molecule is CC1=C2N=C(C=C3N=C(C(C)=C4[N-]C(C(CC(N)=O)C4(C)CCC(=O)NCC(C)O)C4(C)N=C1C(CCC(N)=O)C4(C)CC(N)=O)C(CCC(N)=O)C3(C)C)C(CCC(N)=O)C2(C)CC(N)=O.[CH2-]C1OC(n2cnc3c(N)ncnc32)C(O)C1O.[Co+2].[OH-]. The summed E-state index contributed by atoms with van der Waals surface area (Å²) >= 11 is 0. The van der Waals surface area contributed by atoms with Crippen LogP contribution >= 0.6 is 0 Å². The molecule has 14 unspecified atom stereocenters. The van der Waals surface area contributed by atoms with Gasteiger partial charge in [-0.05, 0) is 88.0 Å². The van der Waals surface area contributed by atoms with Crippen molar-refractivity contribution in [1.29, 1.82) is 0 Å². The first-order valence-corrected chi connectivity index (χ1v) is 28.6. The van der Waals surface area contributed by atoms with E-state index in [1.165, 1.54) is 17.2 Å². The molecular weight excluding hydrogens is 1170 g/mol. The van der Waals surface area contributed by atoms with Gasteiger partial charge in [-0.2, -0.15) is 5.70 Å². The van der Waals surface area contributed by atoms with Gasteiger partial charge in [-0.1, -0.05) is 40.7 Å². The van der Waals surface area contributed by atoms with Gasteiger partial charge in [0.2, 0.25) is 41.4 Å². The number of carbonyl (C=O) groups excluding carboxylic acids is 7. The van der Waals surface area contributed by atoms with Gasteiger partial charge in [-0.15, -0.1) is 0 Å². The maximum atomic E-state index is 13.5. The van der Waals surface area contributed by atoms with Gasteiger partial charge >= 0.3 is 16.8 Å². The second-order valence-electron chi connectivity index (χ2n) is 25.2. The van der Waals surface area contributed by atoms with Crippen LogP contribution in [0.15, 0.2) is 61.9 Å². The number of primary amides is 6. The largest absolute Gasteiger partial charge is 2.00 e. The van der Waals surface area contributed by atoms with Crippen molar-refractivity contribution in [3.05, 3.63) is 59.2 Å². The van der Waals surface area contributed by atoms with Gasteiger partial charge in [0.25, 0.3) is 0 Å². The van der Waals surface area contributed by atoms with Crippen LogP contribution in [0.25, 0.3) is 16.5 Å². The summed E-state index contributed by atoms with van der Waals surface area (Å²) in [5.74, 6) is -6.17. The number of rotatable bonds is 21. The molecule has 0 saturated carbocycles. The first kappa shape index (κ1) is 70.7. The first-order valence-electron chi connectivity index (χ1n) is 28.6. The molecule has 29 heteroatoms. The summed E-state index contributed by atoms with van der Waals surface area (Å²) in [5.41, 5.74) is 40.9. The predicted molar refractivity (Wildman–Crippen MR) is 317 cm³/mol. The molecule has 8 heterocycles. The molecule has 2 fully saturated rings. The van der Waals surface area contributed by atoms with Gasteiger partial charge in [0.05, 0.1) is 29.8 Å². The zero-order valence-corrected chi connectivity index (χ0v) is 51.7. The number of anilines is 1. The number of nitrogen functional groups attached to an aromatic ring is 1. The van der Waals surface area contributed by atoms with Gasteiger partial charge in [0, 0.05) is 108 Å². The van der Waals surface area contributed by atoms with Crippen molar-refractivity contribution in [2.24, 2.45) is 94.7 Å². The van der Waals surface area contributed by atoms with Crippen LogP contribution in [0.1, 0.15) is 139 Å². The topological polar surface area (TPSA) is 508 Å². The van der Waals surface area contributed by atoms with Gasteiger partial charge in [0.15, 0.2) is 17.7 Å². The Morgan fingerprint density at radius 2 is 1.34 bits per heavy atom. The number of allylic oxidation sites excluding steroid dienone is 6. The number of imidazole rings is 1. The Morgan fingerprint density at radius 3 is 1.89 bits per heavy atom. The Balaban J connectivity index is 0.000000582. The first-order chi connectivity index (χ1) is 39.5. The van der Waals surface area contributed by atoms with Crippen molar-refractivity contribution >= 4 is 75.5 Å². The number of ether oxygens (including phenoxy) is 1. The molecule has 0 aromatic carbocycles. The normalized spacial score (nSPS) is 31.5. The third-order valence-electron chi connectivity index (χ3n) is 19.0. The monoisotopic (exact) mass is 1260 g/mol. The molecule has 8 rings (SSSR count). The number of nitrogens with two attached hydrogens (primary N) is 7. The second-order valence-corrected chi connectivity index (χ2v) is 25.2. The number of hydrogen-bond acceptors (Lipinski definition) is 19. The number of carbonyl (C=O) groups is 7. The van der Waals surface area contributed by atoms with Crippen LogP contribution in [-0.2, 0) is 55.1 Å². The van der Waals surface area contributed by atoms with Crippen LogP contribution in [0.3, 0.4) is 0 Å². The summed E-state index contributed by atoms with van der Waals surface area (Å²) in [6.45, 7) is 20.4. The number of aliphatic hydroxyl groups is 3. The molecule has 0 aliphatic carbocycles. The number of aliphatic hydroxyl groups excluding tert-OH is 3. The average molecular weight is 1260 g/mol. The third-order valence-corrected chi connectivity index (χ3v) is 19.0. The molecule has 87 heavy (non-hydrogen) atoms. The number of nitrogens with one attached hydrogen (secondary N) is 1. The van der Waals surface area contributed by atoms with Crippen molar-refractivity contribution in [3.63, 3.8) is 0 Å². The van der Waals surface area contributed by atoms with E-state index in [2.05, 4.69) is 27.2 Å². The number of amides is 7. The molecule has 6 aliphatic rings. The Morgan fingerprint density at radius 1 is 0.759 bits per heavy atom. The number of hydrogen-bond donors (Lipinski definition) is 11. The van der Waals surface area contributed by atoms with Gasteiger partial charge < -0.3 is 83.2 Å². The standard InChI is InChI=1S/C48H73N11O8.C10H12N5O3.Co.H2O/c1-23(60)22-55-38(67)16-17-45(6)29(18-35(52)64)43-48(9)47(8,21-37(54)66)28(12-15-34(51)63)40(59-48)25(3)42-46(7,20-36(53)65)26(10-13-32(49)61)30(56-42)19-31-44(4,5)27(11-14-33(50)62)39(57-31)24(2)41(45)58-43;1-4-6(16)7(17)10(18-4)15-3-14-5-8(11)12-2-13-9(5)15;;/h19,23,26-29,43,60H,10-18,20-22H2,1-9H3,(H14,49,50,51,52,53,54,55,56,57,58,59,61,62,63,64,65,66,67);2-4,6-7,10,16-17H,1H2,(H2,11,12,13);;1H2/q;-1;+2;/p-2. The Labute approximate surface area is 515 Å². The molecule has 0 spiro atoms. The Hall–Kier alpha value is -7.02. The van der Waals surface area contributed by atoms with Crippen LogP contribution in [-0.4, -0.2) is 141 Å². The van der Waals surface area contributed by atoms with E-state index < -0.39 is 123 Å². The van der Waals surface area contributed by atoms with Crippen molar-refractivity contribution in [1.82, 2.24) is 24.8 Å². The molecule has 1 radical (unpaired) electrons. The molecular formula is C58H85CoN16O12-. The van der Waals surface area contributed by atoms with Crippen molar-refractivity contribution in [2.45, 2.75) is 175 Å². The second kappa shape index (κ2) is 26.8. The van der Waals surface area contributed by atoms with Crippen LogP contribution in [0.4, 0.5) is 5.82 Å². The molecule has 8 bridgehead atoms. The molecule has 14 atom stereocenters. The molecule has 7 amide bonds. The zero-order chi connectivity index (χ0) is 63.2. The number of aromatic nitrogens is 4. The fourth-order valence-electron chi connectivity index (χ4n) is 14.2. The fourth-order valence-corrected chi connectivity index (χ4v) is 14.2. The van der Waals surface area contributed by atoms with Crippen LogP contribution < -0.4 is 45.5 Å².